The van der Waals surface area contributed by atoms with Crippen LogP contribution in [-0.4, -0.2) is 47.6 Å². The monoisotopic (exact) mass is 389 g/mol. The Labute approximate surface area is 169 Å². The van der Waals surface area contributed by atoms with Crippen LogP contribution in [0.4, 0.5) is 0 Å². The van der Waals surface area contributed by atoms with Gasteiger partial charge in [-0.2, -0.15) is 0 Å². The first kappa shape index (κ1) is 19.0. The van der Waals surface area contributed by atoms with Gasteiger partial charge in [0.2, 0.25) is 5.91 Å². The van der Waals surface area contributed by atoms with Gasteiger partial charge in [0.05, 0.1) is 13.2 Å². The van der Waals surface area contributed by atoms with Gasteiger partial charge >= 0.3 is 0 Å². The Morgan fingerprint density at radius 2 is 1.62 bits per heavy atom. The fourth-order valence-electron chi connectivity index (χ4n) is 3.43. The van der Waals surface area contributed by atoms with Crippen molar-refractivity contribution >= 4 is 11.8 Å². The van der Waals surface area contributed by atoms with Crippen LogP contribution in [0.5, 0.6) is 0 Å². The standard InChI is InChI=1S/C23H23N3O3/c27-22(19-9-6-10-20(17-19)25-11-4-5-12-25)24-21(18-7-2-1-3-8-18)23(28)26-13-15-29-16-14-26/h1-12,17,21H,13-16H2,(H,24,27)/t21-/m0/s1. The molecule has 6 nitrogen and oxygen atoms in total. The van der Waals surface area contributed by atoms with Crippen molar-refractivity contribution in [1.82, 2.24) is 14.8 Å². The first-order chi connectivity index (χ1) is 14.2. The van der Waals surface area contributed by atoms with Crippen molar-refractivity contribution in [3.8, 4) is 5.69 Å². The largest absolute Gasteiger partial charge is 0.378 e. The molecule has 1 fully saturated rings. The van der Waals surface area contributed by atoms with Crippen LogP contribution in [-0.2, 0) is 9.53 Å². The lowest BCUT2D eigenvalue weighted by Crippen LogP contribution is -2.47. The first-order valence-corrected chi connectivity index (χ1v) is 9.68. The summed E-state index contributed by atoms with van der Waals surface area (Å²) in [5.74, 6) is -0.399. The molecule has 6 heteroatoms. The van der Waals surface area contributed by atoms with Crippen LogP contribution in [0.1, 0.15) is 22.0 Å². The van der Waals surface area contributed by atoms with Gasteiger partial charge in [0.15, 0.2) is 0 Å². The number of nitrogens with one attached hydrogen (secondary N) is 1. The second-order valence-electron chi connectivity index (χ2n) is 6.90. The summed E-state index contributed by atoms with van der Waals surface area (Å²) in [5, 5.41) is 2.94. The number of aromatic nitrogens is 1. The van der Waals surface area contributed by atoms with E-state index in [-0.39, 0.29) is 11.8 Å². The number of morpholine rings is 1. The van der Waals surface area contributed by atoms with Crippen molar-refractivity contribution < 1.29 is 14.3 Å². The summed E-state index contributed by atoms with van der Waals surface area (Å²) in [5.41, 5.74) is 2.16. The number of nitrogens with zero attached hydrogens (tertiary/aromatic N) is 2. The third kappa shape index (κ3) is 4.38. The topological polar surface area (TPSA) is 63.6 Å². The zero-order chi connectivity index (χ0) is 20.1. The minimum Gasteiger partial charge on any atom is -0.378 e. The van der Waals surface area contributed by atoms with E-state index in [0.29, 0.717) is 31.9 Å². The summed E-state index contributed by atoms with van der Waals surface area (Å²) < 4.78 is 7.29. The molecule has 1 saturated heterocycles. The maximum absolute atomic E-state index is 13.2. The Hall–Kier alpha value is -3.38. The number of carbonyl (C=O) groups is 2. The summed E-state index contributed by atoms with van der Waals surface area (Å²) in [4.78, 5) is 27.9. The van der Waals surface area contributed by atoms with E-state index < -0.39 is 6.04 Å². The van der Waals surface area contributed by atoms with E-state index in [1.165, 1.54) is 0 Å². The Balaban J connectivity index is 1.58. The average Bonchev–Trinajstić information content (AvgIpc) is 3.33. The molecular formula is C23H23N3O3. The average molecular weight is 389 g/mol. The number of carbonyl (C=O) groups excluding carboxylic acids is 2. The van der Waals surface area contributed by atoms with Gasteiger partial charge in [-0.25, -0.2) is 0 Å². The Kier molecular flexibility index (Phi) is 5.72. The molecule has 0 bridgehead atoms. The van der Waals surface area contributed by atoms with Crippen LogP contribution in [0, 0.1) is 0 Å². The highest BCUT2D eigenvalue weighted by molar-refractivity contribution is 5.98. The van der Waals surface area contributed by atoms with Gasteiger partial charge < -0.3 is 19.5 Å². The van der Waals surface area contributed by atoms with Gasteiger partial charge in [-0.15, -0.1) is 0 Å². The number of hydrogen-bond acceptors (Lipinski definition) is 3. The number of hydrogen-bond donors (Lipinski definition) is 1. The summed E-state index contributed by atoms with van der Waals surface area (Å²) in [6, 6.07) is 19.8. The summed E-state index contributed by atoms with van der Waals surface area (Å²) in [6.45, 7) is 2.09. The highest BCUT2D eigenvalue weighted by Gasteiger charge is 2.28. The van der Waals surface area contributed by atoms with E-state index in [1.54, 1.807) is 11.0 Å². The third-order valence-electron chi connectivity index (χ3n) is 4.99. The number of amides is 2. The second kappa shape index (κ2) is 8.75. The van der Waals surface area contributed by atoms with E-state index in [1.807, 2.05) is 77.6 Å². The van der Waals surface area contributed by atoms with E-state index in [2.05, 4.69) is 5.32 Å². The van der Waals surface area contributed by atoms with Crippen LogP contribution in [0.3, 0.4) is 0 Å². The summed E-state index contributed by atoms with van der Waals surface area (Å²) >= 11 is 0. The molecule has 2 amide bonds. The number of rotatable bonds is 5. The van der Waals surface area contributed by atoms with E-state index >= 15 is 0 Å². The lowest BCUT2D eigenvalue weighted by atomic mass is 10.0. The highest BCUT2D eigenvalue weighted by atomic mass is 16.5. The van der Waals surface area contributed by atoms with Crippen LogP contribution < -0.4 is 5.32 Å². The van der Waals surface area contributed by atoms with Gasteiger partial charge in [-0.1, -0.05) is 36.4 Å². The molecule has 148 valence electrons. The van der Waals surface area contributed by atoms with Crippen molar-refractivity contribution in [2.24, 2.45) is 0 Å². The van der Waals surface area contributed by atoms with Gasteiger partial charge in [-0.05, 0) is 35.9 Å². The van der Waals surface area contributed by atoms with E-state index in [9.17, 15) is 9.59 Å². The minimum atomic E-state index is -0.739. The molecule has 0 aliphatic carbocycles. The molecule has 1 aromatic heterocycles. The molecule has 4 rings (SSSR count). The second-order valence-corrected chi connectivity index (χ2v) is 6.90. The molecule has 2 aromatic carbocycles. The van der Waals surface area contributed by atoms with E-state index in [0.717, 1.165) is 11.3 Å². The fourth-order valence-corrected chi connectivity index (χ4v) is 3.43. The van der Waals surface area contributed by atoms with Gasteiger partial charge in [0.1, 0.15) is 6.04 Å². The SMILES string of the molecule is O=C(N[C@H](C(=O)N1CCOCC1)c1ccccc1)c1cccc(-n2cccc2)c1. The van der Waals surface area contributed by atoms with Gasteiger partial charge in [-0.3, -0.25) is 9.59 Å². The van der Waals surface area contributed by atoms with Crippen molar-refractivity contribution in [2.45, 2.75) is 6.04 Å². The Morgan fingerprint density at radius 3 is 2.34 bits per heavy atom. The normalized spacial score (nSPS) is 15.0. The smallest absolute Gasteiger partial charge is 0.252 e. The zero-order valence-electron chi connectivity index (χ0n) is 16.0. The van der Waals surface area contributed by atoms with Crippen LogP contribution in [0.15, 0.2) is 79.1 Å². The zero-order valence-corrected chi connectivity index (χ0v) is 16.0. The van der Waals surface area contributed by atoms with Crippen LogP contribution in [0.2, 0.25) is 0 Å². The molecule has 1 N–H and O–H groups in total. The number of benzene rings is 2. The lowest BCUT2D eigenvalue weighted by Gasteiger charge is -2.31. The first-order valence-electron chi connectivity index (χ1n) is 9.68. The van der Waals surface area contributed by atoms with Crippen LogP contribution >= 0.6 is 0 Å². The molecule has 1 aliphatic rings. The lowest BCUT2D eigenvalue weighted by molar-refractivity contribution is -0.137. The molecule has 0 saturated carbocycles. The maximum atomic E-state index is 13.2. The van der Waals surface area contributed by atoms with Crippen molar-refractivity contribution in [1.29, 1.82) is 0 Å². The summed E-state index contributed by atoms with van der Waals surface area (Å²) in [7, 11) is 0. The number of ether oxygens (including phenoxy) is 1. The molecule has 0 radical (unpaired) electrons. The molecule has 2 heterocycles. The quantitative estimate of drug-likeness (QED) is 0.730. The van der Waals surface area contributed by atoms with E-state index in [4.69, 9.17) is 4.74 Å². The molecule has 3 aromatic rings. The molecule has 29 heavy (non-hydrogen) atoms. The summed E-state index contributed by atoms with van der Waals surface area (Å²) in [6.07, 6.45) is 3.84. The van der Waals surface area contributed by atoms with Crippen molar-refractivity contribution in [2.75, 3.05) is 26.3 Å². The predicted octanol–water partition coefficient (Wildman–Crippen LogP) is 2.81. The van der Waals surface area contributed by atoms with Crippen molar-refractivity contribution in [3.63, 3.8) is 0 Å². The Bertz CT molecular complexity index is 964. The minimum absolute atomic E-state index is 0.116. The maximum Gasteiger partial charge on any atom is 0.252 e. The molecule has 1 atom stereocenters. The van der Waals surface area contributed by atoms with Crippen molar-refractivity contribution in [3.05, 3.63) is 90.3 Å². The molecular weight excluding hydrogens is 366 g/mol. The third-order valence-corrected chi connectivity index (χ3v) is 4.99. The van der Waals surface area contributed by atoms with Crippen LogP contribution in [0.25, 0.3) is 5.69 Å². The molecule has 1 aliphatic heterocycles. The molecule has 0 unspecified atom stereocenters. The van der Waals surface area contributed by atoms with Gasteiger partial charge in [0.25, 0.3) is 5.91 Å². The predicted molar refractivity (Wildman–Crippen MR) is 110 cm³/mol. The van der Waals surface area contributed by atoms with Gasteiger partial charge in [0, 0.05) is 36.7 Å². The highest BCUT2D eigenvalue weighted by Crippen LogP contribution is 2.19. The Morgan fingerprint density at radius 1 is 0.897 bits per heavy atom. The fraction of sp³-hybridized carbons (Fsp3) is 0.217. The molecule has 0 spiro atoms.